The lowest BCUT2D eigenvalue weighted by atomic mass is 9.96. The Morgan fingerprint density at radius 2 is 1.74 bits per heavy atom. The highest BCUT2D eigenvalue weighted by Crippen LogP contribution is 2.28. The number of hydrogen-bond donors (Lipinski definition) is 0. The van der Waals surface area contributed by atoms with Crippen LogP contribution in [0, 0.1) is 11.3 Å². The molecule has 0 unspecified atom stereocenters. The van der Waals surface area contributed by atoms with Crippen molar-refractivity contribution in [2.45, 2.75) is 19.3 Å². The molecule has 0 saturated carbocycles. The summed E-state index contributed by atoms with van der Waals surface area (Å²) < 4.78 is 0. The summed E-state index contributed by atoms with van der Waals surface area (Å²) >= 11 is 0. The van der Waals surface area contributed by atoms with Gasteiger partial charge in [-0.05, 0) is 53.6 Å². The molecule has 23 heavy (non-hydrogen) atoms. The van der Waals surface area contributed by atoms with Crippen LogP contribution < -0.4 is 0 Å². The molecule has 2 aromatic carbocycles. The minimum absolute atomic E-state index is 0.804. The third-order valence-corrected chi connectivity index (χ3v) is 4.55. The summed E-state index contributed by atoms with van der Waals surface area (Å²) in [6.45, 7) is 0. The van der Waals surface area contributed by atoms with Crippen LogP contribution in [-0.2, 0) is 19.3 Å². The van der Waals surface area contributed by atoms with Crippen LogP contribution in [0.2, 0.25) is 0 Å². The molecule has 0 radical (unpaired) electrons. The molecular weight excluding hydrogens is 280 g/mol. The Kier molecular flexibility index (Phi) is 3.40. The summed E-state index contributed by atoms with van der Waals surface area (Å²) in [5.74, 6) is 0. The molecule has 0 saturated heterocycles. The van der Waals surface area contributed by atoms with Gasteiger partial charge in [0.1, 0.15) is 0 Å². The first-order valence-corrected chi connectivity index (χ1v) is 7.89. The van der Waals surface area contributed by atoms with Gasteiger partial charge in [-0.15, -0.1) is 0 Å². The van der Waals surface area contributed by atoms with Crippen molar-refractivity contribution < 1.29 is 0 Å². The summed E-state index contributed by atoms with van der Waals surface area (Å²) in [5.41, 5.74) is 8.04. The van der Waals surface area contributed by atoms with Gasteiger partial charge < -0.3 is 0 Å². The maximum Gasteiger partial charge on any atom is 0.0994 e. The van der Waals surface area contributed by atoms with Crippen LogP contribution in [0.3, 0.4) is 0 Å². The van der Waals surface area contributed by atoms with Crippen molar-refractivity contribution in [3.8, 4) is 17.2 Å². The van der Waals surface area contributed by atoms with E-state index in [1.807, 2.05) is 24.4 Å². The topological polar surface area (TPSA) is 36.7 Å². The van der Waals surface area contributed by atoms with Crippen molar-refractivity contribution in [2.24, 2.45) is 0 Å². The molecule has 0 atom stereocenters. The number of nitriles is 1. The zero-order valence-electron chi connectivity index (χ0n) is 12.8. The molecule has 110 valence electrons. The molecule has 0 aliphatic heterocycles. The van der Waals surface area contributed by atoms with Crippen molar-refractivity contribution in [1.82, 2.24) is 4.98 Å². The number of hydrogen-bond acceptors (Lipinski definition) is 2. The SMILES string of the molecule is N#Cc1cccc2c1CCc1ncc(-c3ccccc3)cc1C2. The minimum atomic E-state index is 0.804. The number of benzene rings is 2. The Morgan fingerprint density at radius 1 is 0.870 bits per heavy atom. The van der Waals surface area contributed by atoms with E-state index >= 15 is 0 Å². The summed E-state index contributed by atoms with van der Waals surface area (Å²) in [6, 6.07) is 21.0. The van der Waals surface area contributed by atoms with Crippen LogP contribution >= 0.6 is 0 Å². The largest absolute Gasteiger partial charge is 0.260 e. The van der Waals surface area contributed by atoms with E-state index in [-0.39, 0.29) is 0 Å². The number of aryl methyl sites for hydroxylation is 1. The molecule has 2 heteroatoms. The van der Waals surface area contributed by atoms with E-state index in [9.17, 15) is 5.26 Å². The predicted molar refractivity (Wildman–Crippen MR) is 91.0 cm³/mol. The van der Waals surface area contributed by atoms with Gasteiger partial charge in [-0.1, -0.05) is 42.5 Å². The fourth-order valence-electron chi connectivity index (χ4n) is 3.35. The molecule has 1 heterocycles. The molecule has 0 amide bonds. The van der Waals surface area contributed by atoms with E-state index < -0.39 is 0 Å². The zero-order chi connectivity index (χ0) is 15.6. The lowest BCUT2D eigenvalue weighted by molar-refractivity contribution is 0.914. The molecule has 1 aliphatic rings. The molecule has 1 aromatic heterocycles. The first kappa shape index (κ1) is 13.7. The summed E-state index contributed by atoms with van der Waals surface area (Å²) in [7, 11) is 0. The van der Waals surface area contributed by atoms with Crippen molar-refractivity contribution >= 4 is 0 Å². The Bertz CT molecular complexity index is 905. The van der Waals surface area contributed by atoms with Crippen LogP contribution in [0.1, 0.15) is 27.9 Å². The Labute approximate surface area is 136 Å². The van der Waals surface area contributed by atoms with Gasteiger partial charge in [-0.3, -0.25) is 4.98 Å². The maximum absolute atomic E-state index is 9.33. The second-order valence-electron chi connectivity index (χ2n) is 5.93. The second kappa shape index (κ2) is 5.70. The number of aromatic nitrogens is 1. The van der Waals surface area contributed by atoms with E-state index in [2.05, 4.69) is 42.5 Å². The van der Waals surface area contributed by atoms with Crippen LogP contribution in [0.4, 0.5) is 0 Å². The molecule has 1 aliphatic carbocycles. The third-order valence-electron chi connectivity index (χ3n) is 4.55. The third kappa shape index (κ3) is 2.51. The number of nitrogens with zero attached hydrogens (tertiary/aromatic N) is 2. The van der Waals surface area contributed by atoms with Crippen molar-refractivity contribution in [2.75, 3.05) is 0 Å². The maximum atomic E-state index is 9.33. The van der Waals surface area contributed by atoms with Crippen LogP contribution in [0.15, 0.2) is 60.8 Å². The van der Waals surface area contributed by atoms with Gasteiger partial charge in [0.05, 0.1) is 11.6 Å². The highest BCUT2D eigenvalue weighted by molar-refractivity contribution is 5.64. The monoisotopic (exact) mass is 296 g/mol. The molecule has 0 spiro atoms. The number of fused-ring (bicyclic) bond motifs is 2. The zero-order valence-corrected chi connectivity index (χ0v) is 12.8. The molecule has 0 bridgehead atoms. The van der Waals surface area contributed by atoms with E-state index in [1.54, 1.807) is 0 Å². The fourth-order valence-corrected chi connectivity index (χ4v) is 3.35. The van der Waals surface area contributed by atoms with Crippen molar-refractivity contribution in [1.29, 1.82) is 5.26 Å². The Morgan fingerprint density at radius 3 is 2.57 bits per heavy atom. The van der Waals surface area contributed by atoms with Gasteiger partial charge in [0, 0.05) is 17.5 Å². The standard InChI is InChI=1S/C21H16N2/c22-13-17-8-4-7-16-11-18-12-19(15-5-2-1-3-6-15)14-23-21(18)10-9-20(16)17/h1-8,12,14H,9-11H2. The molecule has 0 N–H and O–H groups in total. The molecule has 0 fully saturated rings. The normalized spacial score (nSPS) is 12.7. The van der Waals surface area contributed by atoms with E-state index in [0.717, 1.165) is 36.1 Å². The van der Waals surface area contributed by atoms with Crippen molar-refractivity contribution in [3.05, 3.63) is 88.7 Å². The Hall–Kier alpha value is -2.92. The number of pyridine rings is 1. The second-order valence-corrected chi connectivity index (χ2v) is 5.93. The molecule has 2 nitrogen and oxygen atoms in total. The summed E-state index contributed by atoms with van der Waals surface area (Å²) in [6.07, 6.45) is 4.61. The summed E-state index contributed by atoms with van der Waals surface area (Å²) in [5, 5.41) is 9.33. The van der Waals surface area contributed by atoms with Gasteiger partial charge in [0.2, 0.25) is 0 Å². The van der Waals surface area contributed by atoms with Gasteiger partial charge in [0.25, 0.3) is 0 Å². The van der Waals surface area contributed by atoms with Crippen LogP contribution in [-0.4, -0.2) is 4.98 Å². The minimum Gasteiger partial charge on any atom is -0.260 e. The first-order valence-electron chi connectivity index (χ1n) is 7.89. The lowest BCUT2D eigenvalue weighted by Crippen LogP contribution is -1.97. The Balaban J connectivity index is 1.79. The van der Waals surface area contributed by atoms with Crippen molar-refractivity contribution in [3.63, 3.8) is 0 Å². The van der Waals surface area contributed by atoms with Gasteiger partial charge in [0.15, 0.2) is 0 Å². The van der Waals surface area contributed by atoms with E-state index in [4.69, 9.17) is 4.98 Å². The van der Waals surface area contributed by atoms with Gasteiger partial charge in [-0.25, -0.2) is 0 Å². The highest BCUT2D eigenvalue weighted by atomic mass is 14.7. The molecular formula is C21H16N2. The van der Waals surface area contributed by atoms with Gasteiger partial charge in [-0.2, -0.15) is 5.26 Å². The predicted octanol–water partition coefficient (Wildman–Crippen LogP) is 4.31. The fraction of sp³-hybridized carbons (Fsp3) is 0.143. The van der Waals surface area contributed by atoms with E-state index in [0.29, 0.717) is 0 Å². The molecule has 4 rings (SSSR count). The van der Waals surface area contributed by atoms with E-state index in [1.165, 1.54) is 22.3 Å². The van der Waals surface area contributed by atoms with Crippen LogP contribution in [0.5, 0.6) is 0 Å². The first-order chi connectivity index (χ1) is 11.3. The average molecular weight is 296 g/mol. The van der Waals surface area contributed by atoms with Crippen LogP contribution in [0.25, 0.3) is 11.1 Å². The number of rotatable bonds is 1. The summed E-state index contributed by atoms with van der Waals surface area (Å²) in [4.78, 5) is 4.71. The van der Waals surface area contributed by atoms with Gasteiger partial charge >= 0.3 is 0 Å². The quantitative estimate of drug-likeness (QED) is 0.671. The highest BCUT2D eigenvalue weighted by Gasteiger charge is 2.17. The smallest absolute Gasteiger partial charge is 0.0994 e. The average Bonchev–Trinajstić information content (AvgIpc) is 2.80. The lowest BCUT2D eigenvalue weighted by Gasteiger charge is -2.09. The molecule has 3 aromatic rings.